The fourth-order valence-electron chi connectivity index (χ4n) is 8.40. The molecule has 10 nitrogen and oxygen atoms in total. The van der Waals surface area contributed by atoms with Crippen molar-refractivity contribution in [1.29, 1.82) is 0 Å². The zero-order valence-electron chi connectivity index (χ0n) is 34.2. The van der Waals surface area contributed by atoms with Gasteiger partial charge < -0.3 is 39.0 Å². The molecule has 10 heteroatoms. The summed E-state index contributed by atoms with van der Waals surface area (Å²) in [7, 11) is 0. The second kappa shape index (κ2) is 22.7. The first-order chi connectivity index (χ1) is 27.5. The molecular weight excluding hydrogens is 725 g/mol. The lowest BCUT2D eigenvalue weighted by molar-refractivity contribution is -0.148. The number of carbonyl (C=O) groups is 2. The van der Waals surface area contributed by atoms with Crippen LogP contribution in [0.15, 0.2) is 96.7 Å². The molecule has 0 radical (unpaired) electrons. The molecule has 3 fully saturated rings. The van der Waals surface area contributed by atoms with Crippen LogP contribution < -0.4 is 0 Å². The number of unbranched alkanes of at least 4 members (excludes halogenated alkanes) is 1. The van der Waals surface area contributed by atoms with Gasteiger partial charge in [0.05, 0.1) is 48.8 Å². The number of rotatable bonds is 7. The zero-order chi connectivity index (χ0) is 40.7. The maximum absolute atomic E-state index is 13.0. The van der Waals surface area contributed by atoms with Crippen LogP contribution in [-0.4, -0.2) is 94.4 Å². The number of carbonyl (C=O) groups excluding carboxylic acids is 1. The fraction of sp³-hybridized carbons (Fsp3) is 0.617. The molecule has 0 spiro atoms. The molecule has 0 aromatic rings. The van der Waals surface area contributed by atoms with Gasteiger partial charge in [-0.25, -0.2) is 4.79 Å². The lowest BCUT2D eigenvalue weighted by atomic mass is 9.86. The third-order valence-corrected chi connectivity index (χ3v) is 11.8. The molecule has 0 saturated carbocycles. The van der Waals surface area contributed by atoms with E-state index in [-0.39, 0.29) is 66.9 Å². The van der Waals surface area contributed by atoms with E-state index in [1.165, 1.54) is 6.08 Å². The Hall–Kier alpha value is -3.38. The lowest BCUT2D eigenvalue weighted by Gasteiger charge is -2.38. The van der Waals surface area contributed by atoms with Gasteiger partial charge in [-0.15, -0.1) is 0 Å². The third-order valence-electron chi connectivity index (χ3n) is 11.8. The largest absolute Gasteiger partial charge is 0.481 e. The van der Waals surface area contributed by atoms with Crippen LogP contribution in [-0.2, 0) is 33.3 Å². The molecule has 14 unspecified atom stereocenters. The van der Waals surface area contributed by atoms with Gasteiger partial charge in [0.2, 0.25) is 0 Å². The number of esters is 1. The van der Waals surface area contributed by atoms with Crippen molar-refractivity contribution in [1.82, 2.24) is 0 Å². The number of fused-ring (bicyclic) bond motifs is 13. The van der Waals surface area contributed by atoms with Crippen molar-refractivity contribution >= 4 is 11.9 Å². The van der Waals surface area contributed by atoms with Crippen LogP contribution in [0.4, 0.5) is 0 Å². The first kappa shape index (κ1) is 44.7. The van der Waals surface area contributed by atoms with E-state index in [0.29, 0.717) is 32.1 Å². The van der Waals surface area contributed by atoms with Crippen molar-refractivity contribution < 1.29 is 48.6 Å². The van der Waals surface area contributed by atoms with E-state index in [1.807, 2.05) is 56.4 Å². The van der Waals surface area contributed by atoms with Gasteiger partial charge in [-0.2, -0.15) is 0 Å². The van der Waals surface area contributed by atoms with Crippen molar-refractivity contribution in [2.45, 2.75) is 165 Å². The summed E-state index contributed by atoms with van der Waals surface area (Å²) in [6.45, 7) is 8.29. The second-order valence-corrected chi connectivity index (χ2v) is 16.5. The van der Waals surface area contributed by atoms with E-state index in [0.717, 1.165) is 37.7 Å². The predicted octanol–water partition coefficient (Wildman–Crippen LogP) is 7.83. The summed E-state index contributed by atoms with van der Waals surface area (Å²) in [5, 5.41) is 30.7. The van der Waals surface area contributed by atoms with Crippen LogP contribution in [0.25, 0.3) is 0 Å². The van der Waals surface area contributed by atoms with Crippen molar-refractivity contribution in [3.63, 3.8) is 0 Å². The van der Waals surface area contributed by atoms with Crippen molar-refractivity contribution in [3.8, 4) is 0 Å². The van der Waals surface area contributed by atoms with Crippen LogP contribution in [0.3, 0.4) is 0 Å². The number of carboxylic acids is 1. The van der Waals surface area contributed by atoms with E-state index in [9.17, 15) is 19.8 Å². The van der Waals surface area contributed by atoms with Gasteiger partial charge in [0, 0.05) is 37.2 Å². The highest BCUT2D eigenvalue weighted by molar-refractivity contribution is 5.82. The first-order valence-electron chi connectivity index (χ1n) is 21.2. The predicted molar refractivity (Wildman–Crippen MR) is 220 cm³/mol. The van der Waals surface area contributed by atoms with E-state index in [1.54, 1.807) is 12.2 Å². The fourth-order valence-corrected chi connectivity index (χ4v) is 8.40. The number of hydrogen-bond donors (Lipinski definition) is 3. The SMILES string of the molecule is C/C(=C/C(C)CCCCC(=O)O)C1OC2C=CC1OC(=O)C=CC=C/C=C/C1OC3CC1OC(/C=C\CC1OC(CC(O)/C=C/CC/C=C/C2)CC(O)C1C)C3C. The Morgan fingerprint density at radius 2 is 1.56 bits per heavy atom. The van der Waals surface area contributed by atoms with Gasteiger partial charge >= 0.3 is 11.9 Å². The molecular formula is C47H66O10. The van der Waals surface area contributed by atoms with Crippen molar-refractivity contribution in [2.75, 3.05) is 0 Å². The number of ether oxygens (including phenoxy) is 5. The number of hydrogen-bond acceptors (Lipinski definition) is 9. The number of allylic oxidation sites excluding steroid dienone is 7. The van der Waals surface area contributed by atoms with Crippen molar-refractivity contribution in [3.05, 3.63) is 96.7 Å². The highest BCUT2D eigenvalue weighted by Crippen LogP contribution is 2.38. The van der Waals surface area contributed by atoms with Crippen LogP contribution in [0, 0.1) is 17.8 Å². The summed E-state index contributed by atoms with van der Waals surface area (Å²) < 4.78 is 31.7. The summed E-state index contributed by atoms with van der Waals surface area (Å²) in [5.74, 6) is -0.875. The molecule has 14 atom stereocenters. The summed E-state index contributed by atoms with van der Waals surface area (Å²) in [6, 6.07) is 0. The molecule has 6 heterocycles. The number of aliphatic carboxylic acids is 1. The lowest BCUT2D eigenvalue weighted by Crippen LogP contribution is -2.43. The Kier molecular flexibility index (Phi) is 17.8. The maximum Gasteiger partial charge on any atom is 0.331 e. The van der Waals surface area contributed by atoms with E-state index in [2.05, 4.69) is 44.2 Å². The van der Waals surface area contributed by atoms with E-state index < -0.39 is 36.4 Å². The quantitative estimate of drug-likeness (QED) is 0.133. The Balaban J connectivity index is 1.27. The zero-order valence-corrected chi connectivity index (χ0v) is 34.2. The van der Waals surface area contributed by atoms with Gasteiger partial charge in [0.1, 0.15) is 12.2 Å². The third kappa shape index (κ3) is 14.1. The number of aliphatic hydroxyl groups is 2. The number of carboxylic acid groups (broad SMARTS) is 1. The van der Waals surface area contributed by atoms with Gasteiger partial charge in [-0.1, -0.05) is 106 Å². The Morgan fingerprint density at radius 1 is 0.772 bits per heavy atom. The first-order valence-corrected chi connectivity index (χ1v) is 21.2. The molecule has 3 N–H and O–H groups in total. The smallest absolute Gasteiger partial charge is 0.331 e. The van der Waals surface area contributed by atoms with Crippen LogP contribution in [0.1, 0.15) is 98.3 Å². The van der Waals surface area contributed by atoms with E-state index >= 15 is 0 Å². The molecule has 7 bridgehead atoms. The molecule has 6 aliphatic heterocycles. The number of aliphatic hydroxyl groups excluding tert-OH is 2. The van der Waals surface area contributed by atoms with Crippen LogP contribution in [0.2, 0.25) is 0 Å². The molecule has 0 amide bonds. The molecule has 0 aliphatic carbocycles. The second-order valence-electron chi connectivity index (χ2n) is 16.5. The summed E-state index contributed by atoms with van der Waals surface area (Å²) in [5.41, 5.74) is 0.966. The van der Waals surface area contributed by atoms with Gasteiger partial charge in [-0.05, 0) is 69.4 Å². The Morgan fingerprint density at radius 3 is 2.39 bits per heavy atom. The topological polar surface area (TPSA) is 141 Å². The van der Waals surface area contributed by atoms with Crippen molar-refractivity contribution in [2.24, 2.45) is 17.8 Å². The molecule has 3 saturated heterocycles. The standard InChI is InChI=1S/C47H66O10/c1-31(17-14-15-23-45(50)51)27-32(2)47-42-26-25-36(54-47)19-11-7-5-6-10-18-35(48)28-37-29-38(49)33(3)39(53-37)21-16-22-40-34(4)43-30-44(55-40)41(56-43)20-12-8-9-13-24-46(52)57-42/h7-13,16,18,20,22,24-27,31,33-44,47-49H,5-6,14-15,17,19,21,23,28-30H2,1-4H3,(H,50,51)/b9-8?,11-7+,18-10+,20-12+,22-16-,24-13?,32-27-. The average Bonchev–Trinajstić information content (AvgIpc) is 3.52. The van der Waals surface area contributed by atoms with Gasteiger partial charge in [0.15, 0.2) is 6.10 Å². The monoisotopic (exact) mass is 790 g/mol. The highest BCUT2D eigenvalue weighted by Gasteiger charge is 2.45. The maximum atomic E-state index is 13.0. The summed E-state index contributed by atoms with van der Waals surface area (Å²) >= 11 is 0. The van der Waals surface area contributed by atoms with E-state index in [4.69, 9.17) is 28.8 Å². The molecule has 57 heavy (non-hydrogen) atoms. The normalized spacial score (nSPS) is 39.8. The summed E-state index contributed by atoms with van der Waals surface area (Å²) in [6.07, 6.45) is 33.0. The molecule has 0 aromatic heterocycles. The summed E-state index contributed by atoms with van der Waals surface area (Å²) in [4.78, 5) is 23.9. The minimum Gasteiger partial charge on any atom is -0.481 e. The van der Waals surface area contributed by atoms with Gasteiger partial charge in [-0.3, -0.25) is 4.79 Å². The Labute approximate surface area is 339 Å². The minimum absolute atomic E-state index is 0.0184. The van der Waals surface area contributed by atoms with Crippen LogP contribution >= 0.6 is 0 Å². The average molecular weight is 791 g/mol. The highest BCUT2D eigenvalue weighted by atomic mass is 16.6. The minimum atomic E-state index is -0.777. The molecule has 6 rings (SSSR count). The molecule has 314 valence electrons. The Bertz CT molecular complexity index is 1540. The van der Waals surface area contributed by atoms with Gasteiger partial charge in [0.25, 0.3) is 0 Å². The molecule has 0 aromatic carbocycles. The van der Waals surface area contributed by atoms with Crippen LogP contribution in [0.5, 0.6) is 0 Å². The molecule has 6 aliphatic rings.